The molecule has 0 saturated carbocycles. The fourth-order valence-corrected chi connectivity index (χ4v) is 2.31. The van der Waals surface area contributed by atoms with Gasteiger partial charge in [0.25, 0.3) is 0 Å². The summed E-state index contributed by atoms with van der Waals surface area (Å²) in [4.78, 5) is 7.55. The zero-order valence-corrected chi connectivity index (χ0v) is 11.6. The van der Waals surface area contributed by atoms with Crippen LogP contribution >= 0.6 is 11.6 Å². The average Bonchev–Trinajstić information content (AvgIpc) is 2.80. The molecule has 0 aliphatic carbocycles. The number of rotatable bonds is 3. The van der Waals surface area contributed by atoms with Crippen LogP contribution in [0.3, 0.4) is 0 Å². The van der Waals surface area contributed by atoms with Gasteiger partial charge in [0.05, 0.1) is 11.0 Å². The van der Waals surface area contributed by atoms with Crippen LogP contribution in [0.2, 0.25) is 5.02 Å². The number of aromatic amines is 1. The van der Waals surface area contributed by atoms with E-state index in [1.165, 1.54) is 6.07 Å². The van der Waals surface area contributed by atoms with Crippen LogP contribution in [0.1, 0.15) is 11.1 Å². The van der Waals surface area contributed by atoms with Crippen molar-refractivity contribution < 1.29 is 4.39 Å². The molecule has 102 valence electrons. The normalized spacial score (nSPS) is 10.9. The summed E-state index contributed by atoms with van der Waals surface area (Å²) in [5, 5.41) is 3.47. The summed E-state index contributed by atoms with van der Waals surface area (Å²) in [5.74, 6) is 0.280. The van der Waals surface area contributed by atoms with Crippen LogP contribution in [0.15, 0.2) is 36.4 Å². The maximum absolute atomic E-state index is 13.7. The summed E-state index contributed by atoms with van der Waals surface area (Å²) in [6.07, 6.45) is 0. The number of aryl methyl sites for hydroxylation is 1. The summed E-state index contributed by atoms with van der Waals surface area (Å²) in [5.41, 5.74) is 3.42. The fraction of sp³-hybridized carbons (Fsp3) is 0.133. The Morgan fingerprint density at radius 3 is 2.95 bits per heavy atom. The Morgan fingerprint density at radius 2 is 2.15 bits per heavy atom. The maximum atomic E-state index is 13.7. The largest absolute Gasteiger partial charge is 0.352 e. The molecular formula is C15H13ClFN3. The summed E-state index contributed by atoms with van der Waals surface area (Å²) in [6, 6.07) is 10.6. The SMILES string of the molecule is Cc1ccc2nc(NCc3c(F)cccc3Cl)[nH]c2c1. The number of nitrogens with one attached hydrogen (secondary N) is 2. The number of nitrogens with zero attached hydrogens (tertiary/aromatic N) is 1. The molecule has 20 heavy (non-hydrogen) atoms. The minimum atomic E-state index is -0.322. The summed E-state index contributed by atoms with van der Waals surface area (Å²) >= 11 is 5.98. The van der Waals surface area contributed by atoms with E-state index in [1.807, 2.05) is 25.1 Å². The van der Waals surface area contributed by atoms with Gasteiger partial charge < -0.3 is 10.3 Å². The van der Waals surface area contributed by atoms with Gasteiger partial charge >= 0.3 is 0 Å². The van der Waals surface area contributed by atoms with E-state index in [4.69, 9.17) is 11.6 Å². The number of H-pyrrole nitrogens is 1. The number of fused-ring (bicyclic) bond motifs is 1. The standard InChI is InChI=1S/C15H13ClFN3/c1-9-5-6-13-14(7-9)20-15(19-13)18-8-10-11(16)3-2-4-12(10)17/h2-7H,8H2,1H3,(H2,18,19,20). The van der Waals surface area contributed by atoms with E-state index in [0.29, 0.717) is 16.5 Å². The van der Waals surface area contributed by atoms with Crippen LogP contribution in [-0.2, 0) is 6.54 Å². The second-order valence-electron chi connectivity index (χ2n) is 4.66. The lowest BCUT2D eigenvalue weighted by Crippen LogP contribution is -2.03. The molecule has 1 aromatic heterocycles. The number of imidazole rings is 1. The highest BCUT2D eigenvalue weighted by molar-refractivity contribution is 6.31. The van der Waals surface area contributed by atoms with Crippen LogP contribution in [0, 0.1) is 12.7 Å². The maximum Gasteiger partial charge on any atom is 0.201 e. The molecule has 0 aliphatic rings. The monoisotopic (exact) mass is 289 g/mol. The van der Waals surface area contributed by atoms with Gasteiger partial charge in [-0.3, -0.25) is 0 Å². The van der Waals surface area contributed by atoms with Crippen molar-refractivity contribution in [1.29, 1.82) is 0 Å². The predicted octanol–water partition coefficient (Wildman–Crippen LogP) is 4.28. The third kappa shape index (κ3) is 2.47. The molecule has 0 radical (unpaired) electrons. The Bertz CT molecular complexity index is 747. The first-order chi connectivity index (χ1) is 9.63. The molecule has 3 rings (SSSR count). The molecule has 1 heterocycles. The number of aromatic nitrogens is 2. The van der Waals surface area contributed by atoms with Crippen LogP contribution in [0.25, 0.3) is 11.0 Å². The predicted molar refractivity (Wildman–Crippen MR) is 79.6 cm³/mol. The van der Waals surface area contributed by atoms with Crippen LogP contribution in [-0.4, -0.2) is 9.97 Å². The number of anilines is 1. The zero-order valence-electron chi connectivity index (χ0n) is 10.9. The molecule has 0 amide bonds. The van der Waals surface area contributed by atoms with Gasteiger partial charge in [-0.15, -0.1) is 0 Å². The molecule has 3 nitrogen and oxygen atoms in total. The van der Waals surface area contributed by atoms with Crippen molar-refractivity contribution >= 4 is 28.6 Å². The molecule has 0 unspecified atom stereocenters. The fourth-order valence-electron chi connectivity index (χ4n) is 2.08. The molecule has 2 aromatic carbocycles. The van der Waals surface area contributed by atoms with Crippen molar-refractivity contribution in [2.24, 2.45) is 0 Å². The molecule has 0 aliphatic heterocycles. The first kappa shape index (κ1) is 12.9. The van der Waals surface area contributed by atoms with Crippen molar-refractivity contribution in [3.63, 3.8) is 0 Å². The minimum Gasteiger partial charge on any atom is -0.352 e. The first-order valence-electron chi connectivity index (χ1n) is 6.26. The number of hydrogen-bond acceptors (Lipinski definition) is 2. The van der Waals surface area contributed by atoms with Gasteiger partial charge in [-0.1, -0.05) is 23.7 Å². The molecule has 0 spiro atoms. The van der Waals surface area contributed by atoms with Crippen molar-refractivity contribution in [2.75, 3.05) is 5.32 Å². The van der Waals surface area contributed by atoms with Crippen molar-refractivity contribution in [2.45, 2.75) is 13.5 Å². The van der Waals surface area contributed by atoms with E-state index in [1.54, 1.807) is 12.1 Å². The van der Waals surface area contributed by atoms with Crippen molar-refractivity contribution in [1.82, 2.24) is 9.97 Å². The molecule has 0 bridgehead atoms. The van der Waals surface area contributed by atoms with Gasteiger partial charge in [0, 0.05) is 17.1 Å². The molecular weight excluding hydrogens is 277 g/mol. The molecule has 0 saturated heterocycles. The van der Waals surface area contributed by atoms with E-state index in [0.717, 1.165) is 16.6 Å². The van der Waals surface area contributed by atoms with Gasteiger partial charge in [0.15, 0.2) is 0 Å². The second-order valence-corrected chi connectivity index (χ2v) is 5.07. The molecule has 3 aromatic rings. The third-order valence-electron chi connectivity index (χ3n) is 3.13. The summed E-state index contributed by atoms with van der Waals surface area (Å²) < 4.78 is 13.7. The Kier molecular flexibility index (Phi) is 3.32. The highest BCUT2D eigenvalue weighted by Crippen LogP contribution is 2.21. The highest BCUT2D eigenvalue weighted by atomic mass is 35.5. The van der Waals surface area contributed by atoms with E-state index in [2.05, 4.69) is 15.3 Å². The average molecular weight is 290 g/mol. The van der Waals surface area contributed by atoms with Gasteiger partial charge in [0.2, 0.25) is 5.95 Å². The van der Waals surface area contributed by atoms with Gasteiger partial charge in [-0.2, -0.15) is 0 Å². The lowest BCUT2D eigenvalue weighted by atomic mass is 10.2. The van der Waals surface area contributed by atoms with Crippen molar-refractivity contribution in [3.05, 3.63) is 58.4 Å². The van der Waals surface area contributed by atoms with Crippen molar-refractivity contribution in [3.8, 4) is 0 Å². The van der Waals surface area contributed by atoms with Crippen LogP contribution < -0.4 is 5.32 Å². The quantitative estimate of drug-likeness (QED) is 0.756. The van der Waals surface area contributed by atoms with Crippen LogP contribution in [0.4, 0.5) is 10.3 Å². The zero-order chi connectivity index (χ0) is 14.1. The molecule has 2 N–H and O–H groups in total. The van der Waals surface area contributed by atoms with E-state index in [-0.39, 0.29) is 12.4 Å². The molecule has 0 fully saturated rings. The Morgan fingerprint density at radius 1 is 1.30 bits per heavy atom. The molecule has 0 atom stereocenters. The highest BCUT2D eigenvalue weighted by Gasteiger charge is 2.08. The summed E-state index contributed by atoms with van der Waals surface area (Å²) in [7, 11) is 0. The van der Waals surface area contributed by atoms with E-state index >= 15 is 0 Å². The van der Waals surface area contributed by atoms with Crippen LogP contribution in [0.5, 0.6) is 0 Å². The Hall–Kier alpha value is -2.07. The molecule has 5 heteroatoms. The Balaban J connectivity index is 1.83. The van der Waals surface area contributed by atoms with Gasteiger partial charge in [-0.25, -0.2) is 9.37 Å². The number of halogens is 2. The first-order valence-corrected chi connectivity index (χ1v) is 6.64. The lowest BCUT2D eigenvalue weighted by molar-refractivity contribution is 0.613. The number of benzene rings is 2. The lowest BCUT2D eigenvalue weighted by Gasteiger charge is -2.06. The van der Waals surface area contributed by atoms with Gasteiger partial charge in [-0.05, 0) is 36.8 Å². The van der Waals surface area contributed by atoms with Gasteiger partial charge in [0.1, 0.15) is 5.82 Å². The minimum absolute atomic E-state index is 0.282. The third-order valence-corrected chi connectivity index (χ3v) is 3.49. The summed E-state index contributed by atoms with van der Waals surface area (Å²) in [6.45, 7) is 2.30. The van der Waals surface area contributed by atoms with E-state index in [9.17, 15) is 4.39 Å². The number of hydrogen-bond donors (Lipinski definition) is 2. The second kappa shape index (κ2) is 5.13. The van der Waals surface area contributed by atoms with E-state index < -0.39 is 0 Å². The topological polar surface area (TPSA) is 40.7 Å². The Labute approximate surface area is 120 Å². The smallest absolute Gasteiger partial charge is 0.201 e.